The van der Waals surface area contributed by atoms with Crippen molar-refractivity contribution in [2.75, 3.05) is 32.8 Å². The molecule has 6 rings (SSSR count). The summed E-state index contributed by atoms with van der Waals surface area (Å²) in [5, 5.41) is 60.1. The van der Waals surface area contributed by atoms with E-state index in [0.29, 0.717) is 45.1 Å². The third-order valence-corrected chi connectivity index (χ3v) is 24.8. The zero-order valence-electron chi connectivity index (χ0n) is 71.1. The van der Waals surface area contributed by atoms with Crippen LogP contribution in [0.3, 0.4) is 0 Å². The third kappa shape index (κ3) is 31.7. The highest BCUT2D eigenvalue weighted by molar-refractivity contribution is 8.77. The first kappa shape index (κ1) is 101. The van der Waals surface area contributed by atoms with Crippen LogP contribution < -0.4 is 108 Å². The van der Waals surface area contributed by atoms with Gasteiger partial charge in [0.2, 0.25) is 94.5 Å². The Balaban J connectivity index is 1.52. The summed E-state index contributed by atoms with van der Waals surface area (Å²) in [7, 11) is 1.76. The lowest BCUT2D eigenvalue weighted by molar-refractivity contribution is -0.138. The van der Waals surface area contributed by atoms with Crippen molar-refractivity contribution < 1.29 is 91.7 Å². The molecule has 1 saturated heterocycles. The van der Waals surface area contributed by atoms with Gasteiger partial charge in [0.1, 0.15) is 72.5 Å². The van der Waals surface area contributed by atoms with Crippen molar-refractivity contribution in [1.82, 2.24) is 74.1 Å². The number of H-pyrrole nitrogens is 1. The molecular formula is C83H120N20O19S2. The number of amides is 16. The van der Waals surface area contributed by atoms with Crippen LogP contribution in [0.25, 0.3) is 21.7 Å². The number of carbonyl (C=O) groups is 16. The van der Waals surface area contributed by atoms with E-state index >= 15 is 28.8 Å². The zero-order chi connectivity index (χ0) is 91.9. The lowest BCUT2D eigenvalue weighted by atomic mass is 9.91. The molecule has 41 heteroatoms. The largest absolute Gasteiger partial charge is 0.492 e. The average molecular weight is 1770 g/mol. The number of carbonyl (C=O) groups excluding carboxylic acids is 16. The Hall–Kier alpha value is -11.5. The molecule has 1 fully saturated rings. The van der Waals surface area contributed by atoms with Gasteiger partial charge in [-0.3, -0.25) is 82.0 Å². The van der Waals surface area contributed by atoms with Gasteiger partial charge in [0.05, 0.1) is 31.0 Å². The summed E-state index contributed by atoms with van der Waals surface area (Å²) in [5.74, 6) is -14.9. The number of aromatic amines is 1. The zero-order valence-corrected chi connectivity index (χ0v) is 72.8. The molecule has 16 amide bonds. The van der Waals surface area contributed by atoms with E-state index in [4.69, 9.17) is 39.1 Å². The number of fused-ring (bicyclic) bond motifs is 2. The van der Waals surface area contributed by atoms with E-state index in [1.54, 1.807) is 66.9 Å². The minimum Gasteiger partial charge on any atom is -0.492 e. The molecule has 0 aliphatic carbocycles. The fraction of sp³-hybridized carbons (Fsp3) is 0.518. The molecule has 4 aromatic carbocycles. The molecule has 2 heterocycles. The molecule has 0 saturated carbocycles. The summed E-state index contributed by atoms with van der Waals surface area (Å²) in [4.78, 5) is 229. The second kappa shape index (κ2) is 48.0. The minimum atomic E-state index is -2.09. The van der Waals surface area contributed by atoms with Gasteiger partial charge in [-0.25, -0.2) is 0 Å². The van der Waals surface area contributed by atoms with Crippen LogP contribution in [-0.4, -0.2) is 230 Å². The Labute approximate surface area is 726 Å². The minimum absolute atomic E-state index is 0.114. The van der Waals surface area contributed by atoms with Crippen LogP contribution in [0.4, 0.5) is 0 Å². The molecule has 124 heavy (non-hydrogen) atoms. The van der Waals surface area contributed by atoms with E-state index in [1.165, 1.54) is 48.5 Å². The molecule has 0 radical (unpaired) electrons. The molecule has 39 nitrogen and oxygen atoms in total. The molecule has 13 atom stereocenters. The van der Waals surface area contributed by atoms with Crippen molar-refractivity contribution in [2.45, 2.75) is 240 Å². The number of hydrogen-bond donors (Lipinski definition) is 22. The number of aromatic nitrogens is 1. The maximum atomic E-state index is 16.2. The van der Waals surface area contributed by atoms with Crippen LogP contribution in [-0.2, 0) is 96.0 Å². The van der Waals surface area contributed by atoms with Gasteiger partial charge in [0.25, 0.3) is 0 Å². The Morgan fingerprint density at radius 1 is 0.597 bits per heavy atom. The van der Waals surface area contributed by atoms with E-state index in [0.717, 1.165) is 39.5 Å². The molecule has 2 unspecified atom stereocenters. The first-order valence-electron chi connectivity index (χ1n) is 40.8. The smallest absolute Gasteiger partial charge is 0.246 e. The predicted molar refractivity (Wildman–Crippen MR) is 465 cm³/mol. The Morgan fingerprint density at radius 3 is 1.85 bits per heavy atom. The number of aryl methyl sites for hydroxylation is 1. The lowest BCUT2D eigenvalue weighted by Gasteiger charge is -2.39. The lowest BCUT2D eigenvalue weighted by Crippen LogP contribution is -2.66. The molecule has 5 aromatic rings. The van der Waals surface area contributed by atoms with Gasteiger partial charge < -0.3 is 118 Å². The van der Waals surface area contributed by atoms with Crippen LogP contribution in [0.15, 0.2) is 91.1 Å². The van der Waals surface area contributed by atoms with Gasteiger partial charge in [-0.15, -0.1) is 0 Å². The molecule has 1 aliphatic rings. The van der Waals surface area contributed by atoms with E-state index in [2.05, 4.69) is 74.1 Å². The number of para-hydroxylation sites is 1. The summed E-state index contributed by atoms with van der Waals surface area (Å²) < 4.78 is 2.52. The topological polar surface area (TPSA) is 651 Å². The van der Waals surface area contributed by atoms with Crippen molar-refractivity contribution in [3.63, 3.8) is 0 Å². The first-order chi connectivity index (χ1) is 58.4. The number of hydrogen-bond acceptors (Lipinski definition) is 24. The molecule has 678 valence electrons. The second-order valence-electron chi connectivity index (χ2n) is 32.0. The number of nitrogens with one attached hydrogen (secondary N) is 14. The number of nitrogens with two attached hydrogens (primary N) is 6. The van der Waals surface area contributed by atoms with Crippen LogP contribution in [0.2, 0.25) is 0 Å². The number of unbranched alkanes of at least 4 members (excludes halogenated alkanes) is 2. The maximum Gasteiger partial charge on any atom is 0.246 e. The van der Waals surface area contributed by atoms with Crippen molar-refractivity contribution in [3.05, 3.63) is 113 Å². The Kier molecular flexibility index (Phi) is 39.2. The Bertz CT molecular complexity index is 4630. The number of aliphatic hydroxyl groups is 2. The van der Waals surface area contributed by atoms with Crippen molar-refractivity contribution in [3.8, 4) is 5.75 Å². The number of primary amides is 4. The summed E-state index contributed by atoms with van der Waals surface area (Å²) in [5.41, 5.74) is 34.8. The third-order valence-electron chi connectivity index (χ3n) is 20.6. The normalized spacial score (nSPS) is 20.0. The van der Waals surface area contributed by atoms with E-state index < -0.39 is 208 Å². The monoisotopic (exact) mass is 1760 g/mol. The first-order valence-corrected chi connectivity index (χ1v) is 42.9. The van der Waals surface area contributed by atoms with Gasteiger partial charge in [0, 0.05) is 85.8 Å². The molecule has 28 N–H and O–H groups in total. The highest BCUT2D eigenvalue weighted by atomic mass is 33.1. The molecule has 1 aliphatic heterocycles. The number of ether oxygens (including phenoxy) is 1. The standard InChI is InChI=1S/C83H120N20O19S2/c1-44-17-16-20-54-52(43-92-66(44)54)40-59-74(115)94-56(28-29-62(86)107)72(113)102-69(82(7,8)124-123-81(5,6)68(93-47(4)106)78(119)99-61(42-65(89)110)75(116)101-67(45(2)104)77(118)97-59)79(120)98-57(38-48-23-26-53(27-24-48)122-36-33-85)73(114)95-58(39-49-22-25-50-18-10-11-19-51(50)37-49)76(117)103-83(9,31-13-14-32-84)80(121)100-55(21-12-15-34-90-46(3)105)71(112)96-60(41-64(88)109)70(111)91-35-30-63(87)108/h10-11,16-20,22-27,37,43,45,55-61,67-69,77,92,97,104,118H,12-15,21,28-36,38-42,84-85H2,1-9H3,(H2,86,107)(H2,87,108)(H2,88,109)(H2,89,110)(H,90,105)(H,91,111)(H,93,106)(H,94,115)(H,95,114)(H,96,112)(H,98,120)(H,99,119)(H,100,121)(H,101,116)(H,102,113)(H,103,117)/t45-,55+,56+,57+,58+,59+,60+,61+,67+,68-,69-,77?,83?/m1/s1. The Morgan fingerprint density at radius 2 is 1.22 bits per heavy atom. The fourth-order valence-corrected chi connectivity index (χ4v) is 16.5. The van der Waals surface area contributed by atoms with Gasteiger partial charge >= 0.3 is 0 Å². The van der Waals surface area contributed by atoms with E-state index in [-0.39, 0.29) is 90.1 Å². The number of rotatable bonds is 41. The van der Waals surface area contributed by atoms with Gasteiger partial charge in [-0.05, 0) is 152 Å². The van der Waals surface area contributed by atoms with Crippen LogP contribution in [0.5, 0.6) is 5.75 Å². The predicted octanol–water partition coefficient (Wildman–Crippen LogP) is -2.69. The van der Waals surface area contributed by atoms with Gasteiger partial charge in [-0.2, -0.15) is 0 Å². The summed E-state index contributed by atoms with van der Waals surface area (Å²) in [6, 6.07) is 7.01. The highest BCUT2D eigenvalue weighted by Crippen LogP contribution is 2.47. The van der Waals surface area contributed by atoms with Crippen molar-refractivity contribution in [1.29, 1.82) is 0 Å². The van der Waals surface area contributed by atoms with E-state index in [1.807, 2.05) is 31.2 Å². The van der Waals surface area contributed by atoms with Crippen LogP contribution in [0, 0.1) is 6.92 Å². The number of benzene rings is 4. The molecule has 0 spiro atoms. The number of aliphatic hydroxyl groups excluding tert-OH is 2. The van der Waals surface area contributed by atoms with Crippen molar-refractivity contribution in [2.24, 2.45) is 34.4 Å². The SMILES string of the molecule is CC(=O)NCCCC[C@H](NC(=O)C(C)(CCCCN)NC(=O)[C@H](Cc1ccc2ccccc2c1)NC(=O)[C@H](Cc1ccc(OCCN)cc1)NC(=O)[C@H]1NC(=O)[C@H](CCC(N)=O)NC(=O)[C@H](Cc2c[nH]c3c(C)cccc23)NC(O)[C@H]([C@@H](C)O)NC(=O)[C@H](CC(N)=O)NC(=O)[C@@H](NC(C)=O)C(C)(C)SSC1(C)C)C(=O)N[C@@H](CC(N)=O)C(=O)NCCC(N)=O. The van der Waals surface area contributed by atoms with Gasteiger partial charge in [-0.1, -0.05) is 94.4 Å². The molecule has 0 bridgehead atoms. The van der Waals surface area contributed by atoms with Gasteiger partial charge in [0.15, 0.2) is 0 Å². The maximum absolute atomic E-state index is 16.2. The highest BCUT2D eigenvalue weighted by Gasteiger charge is 2.47. The molecular weight excluding hydrogens is 1650 g/mol. The summed E-state index contributed by atoms with van der Waals surface area (Å²) in [6.07, 6.45) is -5.57. The second-order valence-corrected chi connectivity index (χ2v) is 35.4. The van der Waals surface area contributed by atoms with Crippen LogP contribution in [0.1, 0.15) is 148 Å². The summed E-state index contributed by atoms with van der Waals surface area (Å²) in [6.45, 7) is 13.1. The quantitative estimate of drug-likeness (QED) is 0.0140. The average Bonchev–Trinajstić information content (AvgIpc) is 1.43. The fourth-order valence-electron chi connectivity index (χ4n) is 13.7. The molecule has 1 aromatic heterocycles. The summed E-state index contributed by atoms with van der Waals surface area (Å²) >= 11 is 0. The van der Waals surface area contributed by atoms with Crippen LogP contribution >= 0.6 is 21.6 Å². The van der Waals surface area contributed by atoms with E-state index in [9.17, 15) is 58.2 Å². The van der Waals surface area contributed by atoms with Crippen molar-refractivity contribution >= 4 is 138 Å².